The second-order valence-corrected chi connectivity index (χ2v) is 10.2. The largest absolute Gasteiger partial charge is 0.354 e. The summed E-state index contributed by atoms with van der Waals surface area (Å²) in [5.74, 6) is -1.45. The Morgan fingerprint density at radius 3 is 2.32 bits per heavy atom. The number of rotatable bonds is 7. The zero-order chi connectivity index (χ0) is 25.9. The highest BCUT2D eigenvalue weighted by atomic mass is 32.2. The van der Waals surface area contributed by atoms with Crippen molar-refractivity contribution in [3.05, 3.63) is 106 Å². The van der Waals surface area contributed by atoms with Crippen LogP contribution in [-0.4, -0.2) is 40.0 Å². The lowest BCUT2D eigenvalue weighted by atomic mass is 10.1. The number of thiocarbonyl (C=S) groups is 1. The maximum Gasteiger partial charge on any atom is 0.267 e. The summed E-state index contributed by atoms with van der Waals surface area (Å²) in [7, 11) is 0. The number of anilines is 1. The van der Waals surface area contributed by atoms with E-state index in [0.717, 1.165) is 22.9 Å². The lowest BCUT2D eigenvalue weighted by Crippen LogP contribution is -2.39. The van der Waals surface area contributed by atoms with Gasteiger partial charge in [-0.15, -0.1) is 0 Å². The van der Waals surface area contributed by atoms with E-state index in [9.17, 15) is 18.8 Å². The number of halogens is 1. The minimum Gasteiger partial charge on any atom is -0.354 e. The Hall–Kier alpha value is -3.82. The minimum absolute atomic E-state index is 0.163. The monoisotopic (exact) mass is 531 g/mol. The van der Waals surface area contributed by atoms with Crippen LogP contribution in [0.4, 0.5) is 10.1 Å². The Morgan fingerprint density at radius 1 is 0.865 bits per heavy atom. The molecule has 5 rings (SSSR count). The van der Waals surface area contributed by atoms with Crippen molar-refractivity contribution in [1.82, 2.24) is 10.2 Å². The summed E-state index contributed by atoms with van der Waals surface area (Å²) in [5, 5.41) is 2.87. The molecule has 2 aliphatic heterocycles. The third kappa shape index (κ3) is 5.19. The second-order valence-electron chi connectivity index (χ2n) is 8.58. The summed E-state index contributed by atoms with van der Waals surface area (Å²) < 4.78 is 13.6. The van der Waals surface area contributed by atoms with Crippen molar-refractivity contribution in [1.29, 1.82) is 0 Å². The summed E-state index contributed by atoms with van der Waals surface area (Å²) >= 11 is 6.52. The molecule has 0 atom stereocenters. The Morgan fingerprint density at radius 2 is 1.57 bits per heavy atom. The average Bonchev–Trinajstić information content (AvgIpc) is 3.33. The molecule has 2 heterocycles. The summed E-state index contributed by atoms with van der Waals surface area (Å²) in [6.07, 6.45) is 0.679. The number of fused-ring (bicyclic) bond motifs is 1. The van der Waals surface area contributed by atoms with E-state index in [0.29, 0.717) is 28.5 Å². The number of carbonyl (C=O) groups is 3. The highest BCUT2D eigenvalue weighted by molar-refractivity contribution is 8.26. The number of para-hydroxylation sites is 1. The first-order chi connectivity index (χ1) is 17.9. The predicted octanol–water partition coefficient (Wildman–Crippen LogP) is 4.30. The fraction of sp³-hybridized carbons (Fsp3) is 0.143. The van der Waals surface area contributed by atoms with Crippen LogP contribution in [0.25, 0.3) is 5.57 Å². The van der Waals surface area contributed by atoms with E-state index in [1.54, 1.807) is 36.4 Å². The number of carbonyl (C=O) groups excluding carboxylic acids is 3. The molecule has 6 nitrogen and oxygen atoms in total. The van der Waals surface area contributed by atoms with E-state index in [4.69, 9.17) is 12.2 Å². The highest BCUT2D eigenvalue weighted by Crippen LogP contribution is 2.44. The van der Waals surface area contributed by atoms with E-state index in [1.165, 1.54) is 21.9 Å². The molecular weight excluding hydrogens is 509 g/mol. The molecule has 0 saturated carbocycles. The molecular formula is C28H22FN3O3S2. The molecule has 1 N–H and O–H groups in total. The zero-order valence-electron chi connectivity index (χ0n) is 19.6. The van der Waals surface area contributed by atoms with E-state index in [-0.39, 0.29) is 41.2 Å². The van der Waals surface area contributed by atoms with Gasteiger partial charge in [0.25, 0.3) is 11.8 Å². The SMILES string of the molecule is O=C(CN1C(=O)/C(=C2\SC(=S)N(Cc3ccc(F)cc3)C2=O)c2ccccc21)NCCc1ccccc1. The van der Waals surface area contributed by atoms with Gasteiger partial charge in [-0.25, -0.2) is 4.39 Å². The van der Waals surface area contributed by atoms with Crippen LogP contribution in [0.15, 0.2) is 83.8 Å². The van der Waals surface area contributed by atoms with Gasteiger partial charge in [-0.05, 0) is 35.7 Å². The van der Waals surface area contributed by atoms with Gasteiger partial charge in [-0.3, -0.25) is 24.2 Å². The predicted molar refractivity (Wildman–Crippen MR) is 146 cm³/mol. The van der Waals surface area contributed by atoms with Gasteiger partial charge in [0, 0.05) is 12.1 Å². The number of thioether (sulfide) groups is 1. The van der Waals surface area contributed by atoms with Gasteiger partial charge in [-0.2, -0.15) is 0 Å². The lowest BCUT2D eigenvalue weighted by Gasteiger charge is -2.17. The van der Waals surface area contributed by atoms with Crippen LogP contribution in [-0.2, 0) is 27.3 Å². The first-order valence-electron chi connectivity index (χ1n) is 11.7. The molecule has 0 bridgehead atoms. The zero-order valence-corrected chi connectivity index (χ0v) is 21.3. The maximum absolute atomic E-state index is 13.6. The summed E-state index contributed by atoms with van der Waals surface area (Å²) in [6.45, 7) is 0.455. The Bertz CT molecular complexity index is 1420. The standard InChI is InChI=1S/C28H22FN3O3S2/c29-20-12-10-19(11-13-20)16-32-27(35)25(37-28(32)36)24-21-8-4-5-9-22(21)31(26(24)34)17-23(33)30-15-14-18-6-2-1-3-7-18/h1-13H,14-17H2,(H,30,33)/b25-24-. The Labute approximate surface area is 223 Å². The molecule has 37 heavy (non-hydrogen) atoms. The van der Waals surface area contributed by atoms with Crippen molar-refractivity contribution in [2.24, 2.45) is 0 Å². The first-order valence-corrected chi connectivity index (χ1v) is 12.9. The third-order valence-corrected chi connectivity index (χ3v) is 7.58. The molecule has 0 aromatic heterocycles. The van der Waals surface area contributed by atoms with Gasteiger partial charge in [0.15, 0.2) is 0 Å². The molecule has 0 radical (unpaired) electrons. The quantitative estimate of drug-likeness (QED) is 0.364. The number of nitrogens with one attached hydrogen (secondary N) is 1. The molecule has 3 amide bonds. The van der Waals surface area contributed by atoms with Gasteiger partial charge < -0.3 is 5.32 Å². The van der Waals surface area contributed by atoms with Crippen LogP contribution in [0.2, 0.25) is 0 Å². The number of amides is 3. The molecule has 0 unspecified atom stereocenters. The van der Waals surface area contributed by atoms with Crippen molar-refractivity contribution in [3.63, 3.8) is 0 Å². The van der Waals surface area contributed by atoms with Crippen LogP contribution >= 0.6 is 24.0 Å². The van der Waals surface area contributed by atoms with Crippen molar-refractivity contribution in [2.45, 2.75) is 13.0 Å². The van der Waals surface area contributed by atoms with E-state index < -0.39 is 5.91 Å². The number of hydrogen-bond donors (Lipinski definition) is 1. The molecule has 9 heteroatoms. The summed E-state index contributed by atoms with van der Waals surface area (Å²) in [6, 6.07) is 22.7. The van der Waals surface area contributed by atoms with Gasteiger partial charge in [-0.1, -0.05) is 84.6 Å². The maximum atomic E-state index is 13.6. The molecule has 2 aliphatic rings. The fourth-order valence-corrected chi connectivity index (χ4v) is 5.63. The van der Waals surface area contributed by atoms with E-state index >= 15 is 0 Å². The Kier molecular flexibility index (Phi) is 7.16. The average molecular weight is 532 g/mol. The number of hydrogen-bond acceptors (Lipinski definition) is 5. The van der Waals surface area contributed by atoms with Crippen LogP contribution in [0.5, 0.6) is 0 Å². The van der Waals surface area contributed by atoms with Crippen LogP contribution in [0, 0.1) is 5.82 Å². The highest BCUT2D eigenvalue weighted by Gasteiger charge is 2.42. The van der Waals surface area contributed by atoms with Crippen LogP contribution < -0.4 is 10.2 Å². The van der Waals surface area contributed by atoms with Crippen molar-refractivity contribution in [3.8, 4) is 0 Å². The molecule has 0 spiro atoms. The third-order valence-electron chi connectivity index (χ3n) is 6.13. The van der Waals surface area contributed by atoms with Gasteiger partial charge >= 0.3 is 0 Å². The van der Waals surface area contributed by atoms with Gasteiger partial charge in [0.1, 0.15) is 16.7 Å². The van der Waals surface area contributed by atoms with Crippen molar-refractivity contribution >= 4 is 57.3 Å². The van der Waals surface area contributed by atoms with Crippen LogP contribution in [0.1, 0.15) is 16.7 Å². The topological polar surface area (TPSA) is 69.7 Å². The molecule has 0 aliphatic carbocycles. The van der Waals surface area contributed by atoms with Gasteiger partial charge in [0.05, 0.1) is 22.7 Å². The van der Waals surface area contributed by atoms with Crippen molar-refractivity contribution < 1.29 is 18.8 Å². The molecule has 3 aromatic carbocycles. The second kappa shape index (κ2) is 10.7. The lowest BCUT2D eigenvalue weighted by molar-refractivity contribution is -0.122. The first kappa shape index (κ1) is 24.9. The fourth-order valence-electron chi connectivity index (χ4n) is 4.31. The normalized spacial score (nSPS) is 16.9. The van der Waals surface area contributed by atoms with Gasteiger partial charge in [0.2, 0.25) is 5.91 Å². The van der Waals surface area contributed by atoms with E-state index in [1.807, 2.05) is 30.3 Å². The number of nitrogens with zero attached hydrogens (tertiary/aromatic N) is 2. The van der Waals surface area contributed by atoms with Crippen molar-refractivity contribution in [2.75, 3.05) is 18.0 Å². The molecule has 3 aromatic rings. The summed E-state index contributed by atoms with van der Waals surface area (Å²) in [5.41, 5.74) is 3.23. The Balaban J connectivity index is 1.34. The smallest absolute Gasteiger partial charge is 0.267 e. The molecule has 186 valence electrons. The molecule has 1 saturated heterocycles. The number of benzene rings is 3. The summed E-state index contributed by atoms with van der Waals surface area (Å²) in [4.78, 5) is 42.7. The van der Waals surface area contributed by atoms with Crippen LogP contribution in [0.3, 0.4) is 0 Å². The van der Waals surface area contributed by atoms with E-state index in [2.05, 4.69) is 5.32 Å². The minimum atomic E-state index is -0.415. The molecule has 1 fully saturated rings.